The summed E-state index contributed by atoms with van der Waals surface area (Å²) >= 11 is 0. The quantitative estimate of drug-likeness (QED) is 0.920. The summed E-state index contributed by atoms with van der Waals surface area (Å²) in [4.78, 5) is 6.60. The van der Waals surface area contributed by atoms with Crippen molar-refractivity contribution in [3.8, 4) is 0 Å². The number of piperidine rings is 1. The average molecular weight is 329 g/mol. The summed E-state index contributed by atoms with van der Waals surface area (Å²) in [6.07, 6.45) is 5.98. The molecule has 1 aliphatic heterocycles. The first kappa shape index (κ1) is 16.4. The Balaban J connectivity index is 1.62. The van der Waals surface area contributed by atoms with Crippen molar-refractivity contribution in [1.29, 1.82) is 0 Å². The molecule has 0 saturated carbocycles. The van der Waals surface area contributed by atoms with Gasteiger partial charge in [0.1, 0.15) is 11.6 Å². The molecule has 2 N–H and O–H groups in total. The molecule has 24 heavy (non-hydrogen) atoms. The van der Waals surface area contributed by atoms with Crippen molar-refractivity contribution in [2.75, 3.05) is 23.7 Å². The molecule has 3 nitrogen and oxygen atoms in total. The number of nitrogens with two attached hydrogens (primary N) is 1. The number of aromatic nitrogens is 1. The fourth-order valence-electron chi connectivity index (χ4n) is 3.21. The Bertz CT molecular complexity index is 737. The van der Waals surface area contributed by atoms with Crippen LogP contribution >= 0.6 is 0 Å². The van der Waals surface area contributed by atoms with Gasteiger partial charge in [-0.3, -0.25) is 0 Å². The van der Waals surface area contributed by atoms with Gasteiger partial charge in [0.2, 0.25) is 0 Å². The van der Waals surface area contributed by atoms with E-state index in [1.807, 2.05) is 6.07 Å². The van der Waals surface area contributed by atoms with Gasteiger partial charge in [-0.15, -0.1) is 0 Å². The Kier molecular flexibility index (Phi) is 4.79. The normalized spacial score (nSPS) is 15.5. The Labute approximate surface area is 140 Å². The van der Waals surface area contributed by atoms with Crippen LogP contribution in [0.1, 0.15) is 24.0 Å². The van der Waals surface area contributed by atoms with Gasteiger partial charge in [-0.1, -0.05) is 18.7 Å². The Morgan fingerprint density at radius 2 is 2.00 bits per heavy atom. The van der Waals surface area contributed by atoms with Gasteiger partial charge >= 0.3 is 0 Å². The lowest BCUT2D eigenvalue weighted by molar-refractivity contribution is 0.396. The summed E-state index contributed by atoms with van der Waals surface area (Å²) in [5, 5.41) is 0. The number of hydrogen-bond donors (Lipinski definition) is 1. The van der Waals surface area contributed by atoms with Crippen LogP contribution in [0.4, 0.5) is 20.3 Å². The number of benzene rings is 1. The van der Waals surface area contributed by atoms with Crippen molar-refractivity contribution in [2.24, 2.45) is 5.92 Å². The van der Waals surface area contributed by atoms with Crippen LogP contribution in [0.5, 0.6) is 0 Å². The molecular formula is C19H21F2N3. The molecule has 0 bridgehead atoms. The molecule has 0 spiro atoms. The maximum absolute atomic E-state index is 13.8. The maximum atomic E-state index is 13.8. The maximum Gasteiger partial charge on any atom is 0.151 e. The Hall–Kier alpha value is -2.43. The molecule has 1 aromatic carbocycles. The van der Waals surface area contributed by atoms with E-state index in [1.54, 1.807) is 18.3 Å². The Morgan fingerprint density at radius 1 is 1.25 bits per heavy atom. The molecule has 1 aromatic heterocycles. The second-order valence-electron chi connectivity index (χ2n) is 6.26. The number of nitrogen functional groups attached to an aromatic ring is 1. The van der Waals surface area contributed by atoms with Crippen LogP contribution in [-0.2, 0) is 6.42 Å². The van der Waals surface area contributed by atoms with Crippen molar-refractivity contribution < 1.29 is 8.78 Å². The van der Waals surface area contributed by atoms with Crippen LogP contribution in [0.15, 0.2) is 37.0 Å². The minimum Gasteiger partial charge on any atom is -0.396 e. The molecule has 2 heterocycles. The zero-order chi connectivity index (χ0) is 17.1. The summed E-state index contributed by atoms with van der Waals surface area (Å²) in [7, 11) is 0. The van der Waals surface area contributed by atoms with Crippen molar-refractivity contribution in [2.45, 2.75) is 19.3 Å². The van der Waals surface area contributed by atoms with Crippen LogP contribution in [0.3, 0.4) is 0 Å². The number of anilines is 2. The molecule has 2 aromatic rings. The lowest BCUT2D eigenvalue weighted by Gasteiger charge is -2.33. The summed E-state index contributed by atoms with van der Waals surface area (Å²) in [5.41, 5.74) is 8.22. The highest BCUT2D eigenvalue weighted by Crippen LogP contribution is 2.29. The molecule has 0 radical (unpaired) electrons. The zero-order valence-corrected chi connectivity index (χ0v) is 13.5. The standard InChI is InChI=1S/C19H21F2N3/c1-2-13-10-18(22)19(23-12-13)24-7-5-14(6-8-24)9-15-3-4-16(20)11-17(15)21/h2-4,10-12,14H,1,5-9,22H2. The van der Waals surface area contributed by atoms with Gasteiger partial charge < -0.3 is 10.6 Å². The lowest BCUT2D eigenvalue weighted by atomic mass is 9.90. The highest BCUT2D eigenvalue weighted by molar-refractivity contribution is 5.66. The zero-order valence-electron chi connectivity index (χ0n) is 13.5. The monoisotopic (exact) mass is 329 g/mol. The topological polar surface area (TPSA) is 42.2 Å². The summed E-state index contributed by atoms with van der Waals surface area (Å²) in [5.74, 6) is 0.195. The average Bonchev–Trinajstić information content (AvgIpc) is 2.58. The summed E-state index contributed by atoms with van der Waals surface area (Å²) < 4.78 is 26.8. The molecule has 1 aliphatic rings. The van der Waals surface area contributed by atoms with Crippen LogP contribution in [0.2, 0.25) is 0 Å². The van der Waals surface area contributed by atoms with Gasteiger partial charge in [-0.2, -0.15) is 0 Å². The highest BCUT2D eigenvalue weighted by Gasteiger charge is 2.22. The van der Waals surface area contributed by atoms with E-state index in [9.17, 15) is 8.78 Å². The first-order valence-electron chi connectivity index (χ1n) is 8.13. The molecule has 1 saturated heterocycles. The third-order valence-corrected chi connectivity index (χ3v) is 4.59. The number of halogens is 2. The summed E-state index contributed by atoms with van der Waals surface area (Å²) in [6.45, 7) is 5.38. The van der Waals surface area contributed by atoms with Gasteiger partial charge in [0.05, 0.1) is 5.69 Å². The van der Waals surface area contributed by atoms with Crippen molar-refractivity contribution in [3.63, 3.8) is 0 Å². The van der Waals surface area contributed by atoms with E-state index in [4.69, 9.17) is 5.73 Å². The van der Waals surface area contributed by atoms with E-state index >= 15 is 0 Å². The molecular weight excluding hydrogens is 308 g/mol. The number of hydrogen-bond acceptors (Lipinski definition) is 3. The molecule has 0 amide bonds. The van der Waals surface area contributed by atoms with Gasteiger partial charge in [-0.25, -0.2) is 13.8 Å². The predicted molar refractivity (Wildman–Crippen MR) is 93.7 cm³/mol. The first-order chi connectivity index (χ1) is 11.6. The van der Waals surface area contributed by atoms with E-state index in [2.05, 4.69) is 16.5 Å². The van der Waals surface area contributed by atoms with E-state index in [-0.39, 0.29) is 0 Å². The van der Waals surface area contributed by atoms with E-state index in [0.29, 0.717) is 23.6 Å². The van der Waals surface area contributed by atoms with Crippen molar-refractivity contribution >= 4 is 17.6 Å². The number of pyridine rings is 1. The van der Waals surface area contributed by atoms with Crippen LogP contribution in [-0.4, -0.2) is 18.1 Å². The van der Waals surface area contributed by atoms with Crippen LogP contribution in [0.25, 0.3) is 6.08 Å². The predicted octanol–water partition coefficient (Wildman–Crippen LogP) is 4.04. The smallest absolute Gasteiger partial charge is 0.151 e. The van der Waals surface area contributed by atoms with E-state index in [0.717, 1.165) is 43.4 Å². The van der Waals surface area contributed by atoms with Crippen molar-refractivity contribution in [3.05, 3.63) is 59.8 Å². The van der Waals surface area contributed by atoms with Crippen LogP contribution < -0.4 is 10.6 Å². The fraction of sp³-hybridized carbons (Fsp3) is 0.316. The van der Waals surface area contributed by atoms with Gasteiger partial charge in [-0.05, 0) is 48.4 Å². The molecule has 3 rings (SSSR count). The molecule has 126 valence electrons. The highest BCUT2D eigenvalue weighted by atomic mass is 19.1. The number of rotatable bonds is 4. The fourth-order valence-corrected chi connectivity index (χ4v) is 3.21. The van der Waals surface area contributed by atoms with Gasteiger partial charge in [0.25, 0.3) is 0 Å². The number of nitrogens with zero attached hydrogens (tertiary/aromatic N) is 2. The molecule has 0 aliphatic carbocycles. The van der Waals surface area contributed by atoms with Gasteiger partial charge in [0.15, 0.2) is 5.82 Å². The van der Waals surface area contributed by atoms with Crippen molar-refractivity contribution in [1.82, 2.24) is 4.98 Å². The second kappa shape index (κ2) is 6.99. The van der Waals surface area contributed by atoms with Crippen LogP contribution in [0, 0.1) is 17.6 Å². The molecule has 0 atom stereocenters. The third-order valence-electron chi connectivity index (χ3n) is 4.59. The third kappa shape index (κ3) is 3.55. The minimum atomic E-state index is -0.532. The molecule has 0 unspecified atom stereocenters. The summed E-state index contributed by atoms with van der Waals surface area (Å²) in [6, 6.07) is 5.69. The van der Waals surface area contributed by atoms with E-state index in [1.165, 1.54) is 6.07 Å². The first-order valence-corrected chi connectivity index (χ1v) is 8.13. The molecule has 1 fully saturated rings. The minimum absolute atomic E-state index is 0.384. The largest absolute Gasteiger partial charge is 0.396 e. The Morgan fingerprint density at radius 3 is 2.62 bits per heavy atom. The van der Waals surface area contributed by atoms with E-state index < -0.39 is 11.6 Å². The second-order valence-corrected chi connectivity index (χ2v) is 6.26. The molecule has 5 heteroatoms. The van der Waals surface area contributed by atoms with Gasteiger partial charge in [0, 0.05) is 25.4 Å². The lowest BCUT2D eigenvalue weighted by Crippen LogP contribution is -2.35. The SMILES string of the molecule is C=Cc1cnc(N2CCC(Cc3ccc(F)cc3F)CC2)c(N)c1.